The summed E-state index contributed by atoms with van der Waals surface area (Å²) >= 11 is 1.13. The van der Waals surface area contributed by atoms with E-state index in [9.17, 15) is 14.7 Å². The zero-order valence-electron chi connectivity index (χ0n) is 17.8. The van der Waals surface area contributed by atoms with Crippen molar-refractivity contribution in [2.45, 2.75) is 40.7 Å². The molecule has 3 rings (SSSR count). The van der Waals surface area contributed by atoms with Crippen LogP contribution in [-0.2, 0) is 6.61 Å². The maximum absolute atomic E-state index is 12.5. The van der Waals surface area contributed by atoms with Gasteiger partial charge in [-0.15, -0.1) is 11.3 Å². The van der Waals surface area contributed by atoms with Crippen molar-refractivity contribution in [2.24, 2.45) is 5.41 Å². The molecule has 2 heterocycles. The number of rotatable bonds is 7. The van der Waals surface area contributed by atoms with Gasteiger partial charge in [0.05, 0.1) is 34.2 Å². The van der Waals surface area contributed by atoms with Gasteiger partial charge in [0.2, 0.25) is 0 Å². The van der Waals surface area contributed by atoms with E-state index in [1.165, 1.54) is 6.07 Å². The normalized spacial score (nSPS) is 11.4. The van der Waals surface area contributed by atoms with E-state index < -0.39 is 5.97 Å². The Bertz CT molecular complexity index is 1110. The van der Waals surface area contributed by atoms with E-state index in [-0.39, 0.29) is 28.4 Å². The van der Waals surface area contributed by atoms with Crippen molar-refractivity contribution in [2.75, 3.05) is 0 Å². The highest BCUT2D eigenvalue weighted by atomic mass is 32.1. The number of nitrogens with zero attached hydrogens (tertiary/aromatic N) is 2. The second kappa shape index (κ2) is 8.85. The van der Waals surface area contributed by atoms with Crippen LogP contribution in [0, 0.1) is 12.3 Å². The summed E-state index contributed by atoms with van der Waals surface area (Å²) in [6, 6.07) is 6.48. The lowest BCUT2D eigenvalue weighted by Gasteiger charge is -2.18. The lowest BCUT2D eigenvalue weighted by atomic mass is 9.87. The Labute approximate surface area is 184 Å². The topological polar surface area (TPSA) is 110 Å². The first-order valence-corrected chi connectivity index (χ1v) is 10.5. The van der Waals surface area contributed by atoms with Crippen LogP contribution in [0.1, 0.15) is 58.5 Å². The zero-order valence-corrected chi connectivity index (χ0v) is 18.6. The fraction of sp³-hybridized carbons (Fsp3) is 0.304. The van der Waals surface area contributed by atoms with Gasteiger partial charge in [-0.2, -0.15) is 0 Å². The molecule has 0 unspecified atom stereocenters. The van der Waals surface area contributed by atoms with Gasteiger partial charge in [-0.3, -0.25) is 14.8 Å². The maximum Gasteiger partial charge on any atom is 0.345 e. The minimum Gasteiger partial charge on any atom is -0.507 e. The molecule has 2 N–H and O–H groups in total. The number of carboxylic acid groups (broad SMARTS) is 1. The van der Waals surface area contributed by atoms with Gasteiger partial charge in [-0.05, 0) is 36.6 Å². The highest BCUT2D eigenvalue weighted by molar-refractivity contribution is 7.17. The molecule has 0 amide bonds. The smallest absolute Gasteiger partial charge is 0.345 e. The van der Waals surface area contributed by atoms with E-state index in [2.05, 4.69) is 9.97 Å². The first kappa shape index (κ1) is 22.4. The number of carbonyl (C=O) groups excluding carboxylic acids is 1. The average molecular weight is 441 g/mol. The van der Waals surface area contributed by atoms with Crippen LogP contribution in [0.5, 0.6) is 11.5 Å². The number of carbonyl (C=O) groups is 2. The molecular weight excluding hydrogens is 416 g/mol. The van der Waals surface area contributed by atoms with Crippen molar-refractivity contribution in [1.82, 2.24) is 9.97 Å². The van der Waals surface area contributed by atoms with Crippen LogP contribution < -0.4 is 4.74 Å². The monoisotopic (exact) mass is 440 g/mol. The lowest BCUT2D eigenvalue weighted by Crippen LogP contribution is -2.13. The molecule has 0 spiro atoms. The third-order valence-corrected chi connectivity index (χ3v) is 5.62. The summed E-state index contributed by atoms with van der Waals surface area (Å²) in [5.41, 5.74) is 1.77. The number of hydrogen-bond donors (Lipinski definition) is 2. The highest BCUT2D eigenvalue weighted by Gasteiger charge is 2.21. The van der Waals surface area contributed by atoms with E-state index in [1.54, 1.807) is 37.5 Å². The Morgan fingerprint density at radius 2 is 1.84 bits per heavy atom. The fourth-order valence-corrected chi connectivity index (χ4v) is 3.75. The van der Waals surface area contributed by atoms with Crippen molar-refractivity contribution in [3.8, 4) is 22.1 Å². The van der Waals surface area contributed by atoms with Crippen molar-refractivity contribution in [3.05, 3.63) is 58.4 Å². The van der Waals surface area contributed by atoms with Gasteiger partial charge in [-0.1, -0.05) is 20.8 Å². The van der Waals surface area contributed by atoms with E-state index in [1.807, 2.05) is 20.8 Å². The molecule has 3 aromatic rings. The average Bonchev–Trinajstić information content (AvgIpc) is 3.19. The van der Waals surface area contributed by atoms with Crippen LogP contribution in [0.3, 0.4) is 0 Å². The first-order valence-electron chi connectivity index (χ1n) is 9.68. The predicted octanol–water partition coefficient (Wildman–Crippen LogP) is 5.12. The molecule has 0 saturated carbocycles. The highest BCUT2D eigenvalue weighted by Crippen LogP contribution is 2.33. The molecule has 8 heteroatoms. The Morgan fingerprint density at radius 1 is 1.10 bits per heavy atom. The molecule has 0 aliphatic heterocycles. The molecule has 1 aromatic carbocycles. The Balaban J connectivity index is 1.69. The van der Waals surface area contributed by atoms with Crippen LogP contribution in [0.25, 0.3) is 10.6 Å². The number of ether oxygens (including phenoxy) is 1. The molecule has 0 bridgehead atoms. The molecule has 0 radical (unpaired) electrons. The van der Waals surface area contributed by atoms with Crippen molar-refractivity contribution >= 4 is 23.1 Å². The van der Waals surface area contributed by atoms with Crippen molar-refractivity contribution in [3.63, 3.8) is 0 Å². The van der Waals surface area contributed by atoms with Gasteiger partial charge in [0.1, 0.15) is 23.0 Å². The summed E-state index contributed by atoms with van der Waals surface area (Å²) in [5.74, 6) is -0.695. The second-order valence-electron chi connectivity index (χ2n) is 8.40. The number of phenolic OH excluding ortho intramolecular Hbond substituents is 1. The number of aromatic nitrogens is 2. The van der Waals surface area contributed by atoms with Crippen LogP contribution in [0.4, 0.5) is 0 Å². The third-order valence-electron chi connectivity index (χ3n) is 4.52. The minimum atomic E-state index is -0.973. The predicted molar refractivity (Wildman–Crippen MR) is 118 cm³/mol. The van der Waals surface area contributed by atoms with Gasteiger partial charge in [0.25, 0.3) is 0 Å². The molecule has 31 heavy (non-hydrogen) atoms. The number of benzene rings is 1. The number of carboxylic acids is 1. The number of phenols is 1. The van der Waals surface area contributed by atoms with Gasteiger partial charge in [0.15, 0.2) is 5.78 Å². The van der Waals surface area contributed by atoms with Gasteiger partial charge >= 0.3 is 5.97 Å². The quantitative estimate of drug-likeness (QED) is 0.491. The van der Waals surface area contributed by atoms with Crippen molar-refractivity contribution < 1.29 is 24.5 Å². The summed E-state index contributed by atoms with van der Waals surface area (Å²) in [5, 5.41) is 19.5. The number of hydrogen-bond acceptors (Lipinski definition) is 7. The fourth-order valence-electron chi connectivity index (χ4n) is 2.94. The van der Waals surface area contributed by atoms with E-state index >= 15 is 0 Å². The molecule has 2 aromatic heterocycles. The molecule has 0 fully saturated rings. The molecular formula is C23H24N2O5S. The Morgan fingerprint density at radius 3 is 2.42 bits per heavy atom. The molecule has 0 atom stereocenters. The van der Waals surface area contributed by atoms with E-state index in [4.69, 9.17) is 9.84 Å². The summed E-state index contributed by atoms with van der Waals surface area (Å²) in [7, 11) is 0. The van der Waals surface area contributed by atoms with Gasteiger partial charge < -0.3 is 14.9 Å². The second-order valence-corrected chi connectivity index (χ2v) is 9.48. The molecule has 0 aliphatic rings. The number of Topliss-reactive ketones (excluding diaryl/α,β-unsaturated/α-hetero) is 1. The zero-order chi connectivity index (χ0) is 22.8. The molecule has 0 aliphatic carbocycles. The lowest BCUT2D eigenvalue weighted by molar-refractivity contribution is 0.0701. The van der Waals surface area contributed by atoms with E-state index in [0.717, 1.165) is 11.3 Å². The summed E-state index contributed by atoms with van der Waals surface area (Å²) < 4.78 is 5.77. The standard InChI is InChI=1S/C23H24N2O5S/c1-13-18(6-5-15(21(13)27)17(26)9-23(2,3)4)30-12-14-10-25-16(11-24-14)19-7-8-20(31-19)22(28)29/h5-8,10-11,27H,9,12H2,1-4H3,(H,28,29). The number of aromatic carboxylic acids is 1. The Kier molecular flexibility index (Phi) is 6.40. The summed E-state index contributed by atoms with van der Waals surface area (Å²) in [4.78, 5) is 33.1. The van der Waals surface area contributed by atoms with Crippen molar-refractivity contribution in [1.29, 1.82) is 0 Å². The van der Waals surface area contributed by atoms with Crippen LogP contribution in [-0.4, -0.2) is 31.9 Å². The first-order chi connectivity index (χ1) is 14.5. The molecule has 7 nitrogen and oxygen atoms in total. The molecule has 162 valence electrons. The largest absolute Gasteiger partial charge is 0.507 e. The van der Waals surface area contributed by atoms with Gasteiger partial charge in [-0.25, -0.2) is 4.79 Å². The molecule has 0 saturated heterocycles. The van der Waals surface area contributed by atoms with E-state index in [0.29, 0.717) is 39.6 Å². The van der Waals surface area contributed by atoms with Crippen LogP contribution in [0.2, 0.25) is 0 Å². The van der Waals surface area contributed by atoms with Gasteiger partial charge in [0, 0.05) is 12.0 Å². The summed E-state index contributed by atoms with van der Waals surface area (Å²) in [6.45, 7) is 7.75. The maximum atomic E-state index is 12.5. The SMILES string of the molecule is Cc1c(OCc2cnc(-c3ccc(C(=O)O)s3)cn2)ccc(C(=O)CC(C)(C)C)c1O. The minimum absolute atomic E-state index is 0.0693. The third kappa shape index (κ3) is 5.46. The number of aromatic hydroxyl groups is 1. The van der Waals surface area contributed by atoms with Crippen LogP contribution in [0.15, 0.2) is 36.7 Å². The number of ketones is 1. The van der Waals surface area contributed by atoms with Crippen LogP contribution >= 0.6 is 11.3 Å². The summed E-state index contributed by atoms with van der Waals surface area (Å²) in [6.07, 6.45) is 3.46. The number of thiophene rings is 1. The Hall–Kier alpha value is -3.26.